The molecule has 0 spiro atoms. The van der Waals surface area contributed by atoms with Gasteiger partial charge in [-0.15, -0.1) is 0 Å². The second kappa shape index (κ2) is 8.07. The van der Waals surface area contributed by atoms with E-state index in [0.717, 1.165) is 13.0 Å². The lowest BCUT2D eigenvalue weighted by Gasteiger charge is -2.38. The quantitative estimate of drug-likeness (QED) is 0.403. The summed E-state index contributed by atoms with van der Waals surface area (Å²) in [6, 6.07) is 0. The van der Waals surface area contributed by atoms with Gasteiger partial charge in [-0.1, -0.05) is 19.9 Å². The van der Waals surface area contributed by atoms with Crippen molar-refractivity contribution in [2.45, 2.75) is 57.7 Å². The molecule has 0 amide bonds. The zero-order valence-electron chi connectivity index (χ0n) is 13.5. The van der Waals surface area contributed by atoms with Gasteiger partial charge in [-0.25, -0.2) is 4.79 Å². The molecular formula is C14H18F6O5. The fourth-order valence-corrected chi connectivity index (χ4v) is 1.79. The minimum atomic E-state index is -6.14. The highest BCUT2D eigenvalue weighted by molar-refractivity contribution is 5.86. The van der Waals surface area contributed by atoms with Crippen LogP contribution in [0.1, 0.15) is 33.6 Å². The van der Waals surface area contributed by atoms with Crippen LogP contribution in [0.4, 0.5) is 26.3 Å². The number of hydrogen-bond acceptors (Lipinski definition) is 4. The number of aliphatic carboxylic acids is 1. The van der Waals surface area contributed by atoms with Crippen molar-refractivity contribution in [2.75, 3.05) is 0 Å². The van der Waals surface area contributed by atoms with Gasteiger partial charge in [0.25, 0.3) is 5.60 Å². The van der Waals surface area contributed by atoms with Crippen molar-refractivity contribution in [1.29, 1.82) is 0 Å². The Bertz CT molecular complexity index is 507. The van der Waals surface area contributed by atoms with E-state index in [1.54, 1.807) is 0 Å². The molecule has 1 unspecified atom stereocenters. The van der Waals surface area contributed by atoms with Crippen molar-refractivity contribution in [1.82, 2.24) is 0 Å². The third-order valence-corrected chi connectivity index (χ3v) is 3.20. The second-order valence-electron chi connectivity index (χ2n) is 5.77. The molecule has 0 rings (SSSR count). The number of carbonyl (C=O) groups excluding carboxylic acids is 1. The lowest BCUT2D eigenvalue weighted by molar-refractivity contribution is -0.392. The van der Waals surface area contributed by atoms with Gasteiger partial charge in [-0.05, 0) is 19.3 Å². The summed E-state index contributed by atoms with van der Waals surface area (Å²) in [4.78, 5) is 22.1. The molecule has 5 nitrogen and oxygen atoms in total. The Hall–Kier alpha value is -1.78. The number of carbonyl (C=O) groups is 2. The number of ether oxygens (including phenoxy) is 1. The second-order valence-corrected chi connectivity index (χ2v) is 5.77. The number of rotatable bonds is 7. The molecule has 0 aromatic rings. The Morgan fingerprint density at radius 1 is 1.08 bits per heavy atom. The Morgan fingerprint density at radius 3 is 1.84 bits per heavy atom. The van der Waals surface area contributed by atoms with Crippen LogP contribution in [-0.4, -0.2) is 46.2 Å². The Balaban J connectivity index is 5.66. The van der Waals surface area contributed by atoms with Gasteiger partial charge >= 0.3 is 24.3 Å². The van der Waals surface area contributed by atoms with E-state index in [0.29, 0.717) is 0 Å². The lowest BCUT2D eigenvalue weighted by Crippen LogP contribution is -2.65. The smallest absolute Gasteiger partial charge is 0.430 e. The molecule has 0 fully saturated rings. The fraction of sp³-hybridized carbons (Fsp3) is 0.714. The van der Waals surface area contributed by atoms with Gasteiger partial charge in [0, 0.05) is 5.57 Å². The molecule has 0 aromatic carbocycles. The molecule has 0 bridgehead atoms. The van der Waals surface area contributed by atoms with Crippen molar-refractivity contribution < 1.29 is 50.9 Å². The molecule has 2 N–H and O–H groups in total. The molecule has 0 aliphatic rings. The van der Waals surface area contributed by atoms with E-state index in [1.807, 2.05) is 0 Å². The highest BCUT2D eigenvalue weighted by Gasteiger charge is 2.75. The van der Waals surface area contributed by atoms with Crippen LogP contribution in [0, 0.1) is 5.92 Å². The molecule has 0 saturated heterocycles. The predicted octanol–water partition coefficient (Wildman–Crippen LogP) is 3.22. The number of carboxylic acids is 1. The number of halogens is 6. The number of carboxylic acid groups (broad SMARTS) is 1. The monoisotopic (exact) mass is 380 g/mol. The lowest BCUT2D eigenvalue weighted by atomic mass is 9.88. The topological polar surface area (TPSA) is 83.8 Å². The van der Waals surface area contributed by atoms with Gasteiger partial charge < -0.3 is 14.9 Å². The largest absolute Gasteiger partial charge is 0.478 e. The standard InChI is InChI=1S/C14H18F6O5/c1-7(2)6-9(12(24,13(15,16)17)14(18,19)20)25-10(21)5-4-8(3)11(22)23/h4,7,9,24H,5-6H2,1-3H3,(H,22,23). The third-order valence-electron chi connectivity index (χ3n) is 3.20. The Kier molecular flexibility index (Phi) is 7.49. The molecule has 0 saturated carbocycles. The van der Waals surface area contributed by atoms with E-state index in [2.05, 4.69) is 4.74 Å². The van der Waals surface area contributed by atoms with Crippen LogP contribution >= 0.6 is 0 Å². The minimum absolute atomic E-state index is 0.348. The van der Waals surface area contributed by atoms with Crippen LogP contribution in [-0.2, 0) is 14.3 Å². The maximum absolute atomic E-state index is 12.9. The number of esters is 1. The van der Waals surface area contributed by atoms with Crippen LogP contribution in [0.15, 0.2) is 11.6 Å². The summed E-state index contributed by atoms with van der Waals surface area (Å²) in [6.45, 7) is 3.63. The number of alkyl halides is 6. The maximum atomic E-state index is 12.9. The fourth-order valence-electron chi connectivity index (χ4n) is 1.79. The van der Waals surface area contributed by atoms with E-state index in [-0.39, 0.29) is 5.57 Å². The summed E-state index contributed by atoms with van der Waals surface area (Å²) < 4.78 is 81.8. The summed E-state index contributed by atoms with van der Waals surface area (Å²) in [6.07, 6.45) is -16.2. The van der Waals surface area contributed by atoms with Crippen molar-refractivity contribution in [3.63, 3.8) is 0 Å². The Labute approximate surface area is 139 Å². The third kappa shape index (κ3) is 5.91. The molecule has 1 atom stereocenters. The summed E-state index contributed by atoms with van der Waals surface area (Å²) in [5.74, 6) is -3.72. The Morgan fingerprint density at radius 2 is 1.52 bits per heavy atom. The van der Waals surface area contributed by atoms with Crippen LogP contribution in [0.3, 0.4) is 0 Å². The predicted molar refractivity (Wildman–Crippen MR) is 72.4 cm³/mol. The maximum Gasteiger partial charge on any atom is 0.430 e. The van der Waals surface area contributed by atoms with Gasteiger partial charge in [-0.2, -0.15) is 26.3 Å². The van der Waals surface area contributed by atoms with E-state index in [9.17, 15) is 41.0 Å². The summed E-state index contributed by atoms with van der Waals surface area (Å²) in [7, 11) is 0. The highest BCUT2D eigenvalue weighted by atomic mass is 19.4. The molecule has 25 heavy (non-hydrogen) atoms. The summed E-state index contributed by atoms with van der Waals surface area (Å²) in [5.41, 5.74) is -5.59. The van der Waals surface area contributed by atoms with Crippen molar-refractivity contribution in [3.05, 3.63) is 11.6 Å². The molecule has 0 aliphatic heterocycles. The van der Waals surface area contributed by atoms with Crippen molar-refractivity contribution in [3.8, 4) is 0 Å². The molecule has 0 aromatic heterocycles. The van der Waals surface area contributed by atoms with Crippen LogP contribution in [0.2, 0.25) is 0 Å². The molecule has 146 valence electrons. The van der Waals surface area contributed by atoms with Crippen molar-refractivity contribution in [2.24, 2.45) is 5.92 Å². The average molecular weight is 380 g/mol. The zero-order chi connectivity index (χ0) is 20.2. The number of aliphatic hydroxyl groups is 1. The minimum Gasteiger partial charge on any atom is -0.478 e. The first kappa shape index (κ1) is 23.2. The summed E-state index contributed by atoms with van der Waals surface area (Å²) >= 11 is 0. The van der Waals surface area contributed by atoms with E-state index >= 15 is 0 Å². The normalized spacial score (nSPS) is 15.2. The molecule has 0 radical (unpaired) electrons. The van der Waals surface area contributed by atoms with Crippen LogP contribution < -0.4 is 0 Å². The van der Waals surface area contributed by atoms with Gasteiger partial charge in [-0.3, -0.25) is 4.79 Å². The van der Waals surface area contributed by atoms with Gasteiger partial charge in [0.15, 0.2) is 0 Å². The first-order valence-electron chi connectivity index (χ1n) is 6.99. The molecule has 0 aliphatic carbocycles. The number of hydrogen-bond donors (Lipinski definition) is 2. The van der Waals surface area contributed by atoms with Gasteiger partial charge in [0.05, 0.1) is 6.42 Å². The first-order chi connectivity index (χ1) is 11.0. The summed E-state index contributed by atoms with van der Waals surface area (Å²) in [5, 5.41) is 18.0. The first-order valence-corrected chi connectivity index (χ1v) is 6.99. The van der Waals surface area contributed by atoms with E-state index < -0.39 is 54.8 Å². The zero-order valence-corrected chi connectivity index (χ0v) is 13.5. The molecule has 0 heterocycles. The average Bonchev–Trinajstić information content (AvgIpc) is 2.39. The van der Waals surface area contributed by atoms with Crippen LogP contribution in [0.5, 0.6) is 0 Å². The highest BCUT2D eigenvalue weighted by Crippen LogP contribution is 2.47. The van der Waals surface area contributed by atoms with Crippen LogP contribution in [0.25, 0.3) is 0 Å². The molecular weight excluding hydrogens is 362 g/mol. The van der Waals surface area contributed by atoms with Crippen molar-refractivity contribution >= 4 is 11.9 Å². The molecule has 11 heteroatoms. The van der Waals surface area contributed by atoms with E-state index in [1.165, 1.54) is 13.8 Å². The van der Waals surface area contributed by atoms with Gasteiger partial charge in [0.2, 0.25) is 0 Å². The van der Waals surface area contributed by atoms with E-state index in [4.69, 9.17) is 5.11 Å². The SMILES string of the molecule is CC(=CCC(=O)OC(CC(C)C)C(O)(C(F)(F)F)C(F)(F)F)C(=O)O. The van der Waals surface area contributed by atoms with Gasteiger partial charge in [0.1, 0.15) is 6.10 Å².